The number of hydrogen-bond acceptors (Lipinski definition) is 6. The molecule has 0 radical (unpaired) electrons. The molecule has 1 aromatic carbocycles. The maximum atomic E-state index is 12.3. The quantitative estimate of drug-likeness (QED) is 0.417. The SMILES string of the molecule is O=C(CSc1nnc(-c2ccc(Cl)cc2)n1Cc1ccco1)NCc1ccccn1. The van der Waals surface area contributed by atoms with E-state index in [2.05, 4.69) is 20.5 Å². The van der Waals surface area contributed by atoms with E-state index in [1.54, 1.807) is 24.6 Å². The topological polar surface area (TPSA) is 85.8 Å². The van der Waals surface area contributed by atoms with Crippen molar-refractivity contribution in [1.82, 2.24) is 25.1 Å². The molecule has 30 heavy (non-hydrogen) atoms. The van der Waals surface area contributed by atoms with Gasteiger partial charge in [-0.2, -0.15) is 0 Å². The normalized spacial score (nSPS) is 10.8. The lowest BCUT2D eigenvalue weighted by Crippen LogP contribution is -2.25. The summed E-state index contributed by atoms with van der Waals surface area (Å²) >= 11 is 7.33. The number of rotatable bonds is 8. The van der Waals surface area contributed by atoms with E-state index in [1.807, 2.05) is 47.0 Å². The summed E-state index contributed by atoms with van der Waals surface area (Å²) in [6.07, 6.45) is 3.32. The fraction of sp³-hybridized carbons (Fsp3) is 0.143. The van der Waals surface area contributed by atoms with Gasteiger partial charge in [-0.25, -0.2) is 0 Å². The minimum atomic E-state index is -0.105. The van der Waals surface area contributed by atoms with Gasteiger partial charge in [0.15, 0.2) is 11.0 Å². The molecule has 0 unspecified atom stereocenters. The van der Waals surface area contributed by atoms with E-state index < -0.39 is 0 Å². The molecule has 0 atom stereocenters. The summed E-state index contributed by atoms with van der Waals surface area (Å²) in [5.41, 5.74) is 1.69. The van der Waals surface area contributed by atoms with Crippen LogP contribution in [0.4, 0.5) is 0 Å². The van der Waals surface area contributed by atoms with Crippen LogP contribution >= 0.6 is 23.4 Å². The van der Waals surface area contributed by atoms with Crippen LogP contribution < -0.4 is 5.32 Å². The van der Waals surface area contributed by atoms with Gasteiger partial charge in [-0.05, 0) is 48.5 Å². The second-order valence-electron chi connectivity index (χ2n) is 6.37. The molecule has 3 heterocycles. The van der Waals surface area contributed by atoms with E-state index in [-0.39, 0.29) is 11.7 Å². The van der Waals surface area contributed by atoms with Gasteiger partial charge in [-0.15, -0.1) is 10.2 Å². The first-order chi connectivity index (χ1) is 14.7. The van der Waals surface area contributed by atoms with E-state index in [4.69, 9.17) is 16.0 Å². The fourth-order valence-corrected chi connectivity index (χ4v) is 3.68. The van der Waals surface area contributed by atoms with Gasteiger partial charge in [-0.3, -0.25) is 14.3 Å². The summed E-state index contributed by atoms with van der Waals surface area (Å²) in [5, 5.41) is 12.8. The van der Waals surface area contributed by atoms with E-state index in [9.17, 15) is 4.79 Å². The van der Waals surface area contributed by atoms with Crippen molar-refractivity contribution in [1.29, 1.82) is 0 Å². The number of pyridine rings is 1. The third-order valence-electron chi connectivity index (χ3n) is 4.24. The molecule has 4 aromatic rings. The van der Waals surface area contributed by atoms with Crippen LogP contribution in [0.2, 0.25) is 5.02 Å². The number of nitrogens with zero attached hydrogens (tertiary/aromatic N) is 4. The zero-order chi connectivity index (χ0) is 20.8. The van der Waals surface area contributed by atoms with Crippen molar-refractivity contribution in [3.63, 3.8) is 0 Å². The molecule has 9 heteroatoms. The Morgan fingerprint density at radius 2 is 1.97 bits per heavy atom. The Kier molecular flexibility index (Phi) is 6.46. The van der Waals surface area contributed by atoms with E-state index in [0.29, 0.717) is 29.1 Å². The highest BCUT2D eigenvalue weighted by Gasteiger charge is 2.17. The highest BCUT2D eigenvalue weighted by Crippen LogP contribution is 2.26. The number of carbonyl (C=O) groups excluding carboxylic acids is 1. The number of furan rings is 1. The van der Waals surface area contributed by atoms with Crippen LogP contribution in [0, 0.1) is 0 Å². The molecule has 7 nitrogen and oxygen atoms in total. The standard InChI is InChI=1S/C21H18ClN5O2S/c22-16-8-6-15(7-9-16)20-25-26-21(27(20)13-18-5-3-11-29-18)30-14-19(28)24-12-17-4-1-2-10-23-17/h1-11H,12-14H2,(H,24,28). The summed E-state index contributed by atoms with van der Waals surface area (Å²) in [7, 11) is 0. The van der Waals surface area contributed by atoms with Crippen LogP contribution in [0.25, 0.3) is 11.4 Å². The van der Waals surface area contributed by atoms with Crippen molar-refractivity contribution in [2.24, 2.45) is 0 Å². The molecule has 0 aliphatic heterocycles. The van der Waals surface area contributed by atoms with Crippen molar-refractivity contribution in [2.45, 2.75) is 18.2 Å². The minimum absolute atomic E-state index is 0.105. The zero-order valence-corrected chi connectivity index (χ0v) is 17.4. The van der Waals surface area contributed by atoms with Crippen LogP contribution in [0.5, 0.6) is 0 Å². The molecule has 0 fully saturated rings. The van der Waals surface area contributed by atoms with Gasteiger partial charge in [0.25, 0.3) is 0 Å². The Morgan fingerprint density at radius 3 is 2.70 bits per heavy atom. The first kappa shape index (κ1) is 20.2. The van der Waals surface area contributed by atoms with Crippen LogP contribution in [-0.4, -0.2) is 31.4 Å². The third kappa shape index (κ3) is 5.08. The van der Waals surface area contributed by atoms with E-state index >= 15 is 0 Å². The smallest absolute Gasteiger partial charge is 0.230 e. The lowest BCUT2D eigenvalue weighted by atomic mass is 10.2. The molecule has 0 saturated carbocycles. The maximum Gasteiger partial charge on any atom is 0.230 e. The third-order valence-corrected chi connectivity index (χ3v) is 5.46. The Morgan fingerprint density at radius 1 is 1.10 bits per heavy atom. The molecule has 0 spiro atoms. The predicted octanol–water partition coefficient (Wildman–Crippen LogP) is 4.04. The minimum Gasteiger partial charge on any atom is -0.467 e. The summed E-state index contributed by atoms with van der Waals surface area (Å²) in [5.74, 6) is 1.56. The predicted molar refractivity (Wildman–Crippen MR) is 115 cm³/mol. The van der Waals surface area contributed by atoms with Crippen LogP contribution in [0.3, 0.4) is 0 Å². The number of carbonyl (C=O) groups is 1. The molecular weight excluding hydrogens is 422 g/mol. The summed E-state index contributed by atoms with van der Waals surface area (Å²) in [4.78, 5) is 16.5. The van der Waals surface area contributed by atoms with Gasteiger partial charge in [0.05, 0.1) is 30.8 Å². The van der Waals surface area contributed by atoms with Gasteiger partial charge in [0, 0.05) is 16.8 Å². The van der Waals surface area contributed by atoms with Gasteiger partial charge in [0.1, 0.15) is 5.76 Å². The molecular formula is C21H18ClN5O2S. The molecule has 1 amide bonds. The first-order valence-corrected chi connectivity index (χ1v) is 10.6. The molecule has 0 bridgehead atoms. The Hall–Kier alpha value is -3.10. The van der Waals surface area contributed by atoms with Gasteiger partial charge in [0.2, 0.25) is 5.91 Å². The molecule has 0 saturated heterocycles. The molecule has 3 aromatic heterocycles. The van der Waals surface area contributed by atoms with E-state index in [1.165, 1.54) is 11.8 Å². The van der Waals surface area contributed by atoms with Crippen molar-refractivity contribution in [3.05, 3.63) is 83.5 Å². The molecule has 4 rings (SSSR count). The second kappa shape index (κ2) is 9.60. The van der Waals surface area contributed by atoms with Gasteiger partial charge >= 0.3 is 0 Å². The summed E-state index contributed by atoms with van der Waals surface area (Å²) in [6, 6.07) is 16.7. The van der Waals surface area contributed by atoms with Crippen molar-refractivity contribution >= 4 is 29.3 Å². The number of nitrogens with one attached hydrogen (secondary N) is 1. The lowest BCUT2D eigenvalue weighted by molar-refractivity contribution is -0.118. The number of benzene rings is 1. The average molecular weight is 440 g/mol. The Bertz CT molecular complexity index is 1100. The molecule has 1 N–H and O–H groups in total. The van der Waals surface area contributed by atoms with Gasteiger partial charge < -0.3 is 9.73 Å². The summed E-state index contributed by atoms with van der Waals surface area (Å²) in [6.45, 7) is 0.838. The maximum absolute atomic E-state index is 12.3. The van der Waals surface area contributed by atoms with Crippen LogP contribution in [-0.2, 0) is 17.9 Å². The lowest BCUT2D eigenvalue weighted by Gasteiger charge is -2.09. The number of amides is 1. The number of thioether (sulfide) groups is 1. The first-order valence-electron chi connectivity index (χ1n) is 9.20. The highest BCUT2D eigenvalue weighted by atomic mass is 35.5. The molecule has 152 valence electrons. The number of aromatic nitrogens is 4. The highest BCUT2D eigenvalue weighted by molar-refractivity contribution is 7.99. The number of halogens is 1. The zero-order valence-electron chi connectivity index (χ0n) is 15.9. The second-order valence-corrected chi connectivity index (χ2v) is 7.74. The number of hydrogen-bond donors (Lipinski definition) is 1. The summed E-state index contributed by atoms with van der Waals surface area (Å²) < 4.78 is 7.42. The average Bonchev–Trinajstić information content (AvgIpc) is 3.43. The van der Waals surface area contributed by atoms with Crippen molar-refractivity contribution in [3.8, 4) is 11.4 Å². The van der Waals surface area contributed by atoms with Crippen LogP contribution in [0.15, 0.2) is 76.6 Å². The van der Waals surface area contributed by atoms with Crippen molar-refractivity contribution < 1.29 is 9.21 Å². The fourth-order valence-electron chi connectivity index (χ4n) is 2.78. The largest absolute Gasteiger partial charge is 0.467 e. The van der Waals surface area contributed by atoms with E-state index in [0.717, 1.165) is 17.0 Å². The molecule has 0 aliphatic carbocycles. The Labute approximate surface area is 182 Å². The van der Waals surface area contributed by atoms with Crippen molar-refractivity contribution in [2.75, 3.05) is 5.75 Å². The van der Waals surface area contributed by atoms with Gasteiger partial charge in [-0.1, -0.05) is 29.4 Å². The monoisotopic (exact) mass is 439 g/mol. The Balaban J connectivity index is 1.48. The van der Waals surface area contributed by atoms with Crippen LogP contribution in [0.1, 0.15) is 11.5 Å². The molecule has 0 aliphatic rings.